The van der Waals surface area contributed by atoms with Crippen molar-refractivity contribution in [1.29, 1.82) is 0 Å². The van der Waals surface area contributed by atoms with Gasteiger partial charge in [-0.2, -0.15) is 0 Å². The van der Waals surface area contributed by atoms with E-state index in [1.165, 1.54) is 7.11 Å². The Morgan fingerprint density at radius 1 is 1.07 bits per heavy atom. The summed E-state index contributed by atoms with van der Waals surface area (Å²) in [6, 6.07) is 7.60. The lowest BCUT2D eigenvalue weighted by Crippen LogP contribution is -2.47. The van der Waals surface area contributed by atoms with Crippen molar-refractivity contribution in [3.8, 4) is 0 Å². The standard InChI is InChI=1S/C21H26N4O3/c1-14-16-6-3-4-7-17(16)23-21(22-14)24-12-9-15(10-13-24)19(26)25-11-5-8-18(25)20(27)28-2/h3-4,6-7,15,18H,5,8-13H2,1-2H3/t18-/m0/s1. The van der Waals surface area contributed by atoms with Crippen LogP contribution in [-0.2, 0) is 14.3 Å². The summed E-state index contributed by atoms with van der Waals surface area (Å²) >= 11 is 0. The Labute approximate surface area is 164 Å². The summed E-state index contributed by atoms with van der Waals surface area (Å²) in [5, 5.41) is 1.07. The molecule has 2 fully saturated rings. The number of methoxy groups -OCH3 is 1. The SMILES string of the molecule is COC(=O)[C@@H]1CCCN1C(=O)C1CCN(c2nc(C)c3ccccc3n2)CC1. The number of para-hydroxylation sites is 1. The summed E-state index contributed by atoms with van der Waals surface area (Å²) in [5.41, 5.74) is 1.91. The first-order valence-electron chi connectivity index (χ1n) is 9.95. The largest absolute Gasteiger partial charge is 0.467 e. The van der Waals surface area contributed by atoms with E-state index in [1.54, 1.807) is 4.90 Å². The maximum Gasteiger partial charge on any atom is 0.328 e. The van der Waals surface area contributed by atoms with E-state index in [0.717, 1.165) is 54.9 Å². The van der Waals surface area contributed by atoms with Gasteiger partial charge in [-0.3, -0.25) is 4.79 Å². The summed E-state index contributed by atoms with van der Waals surface area (Å²) in [5.74, 6) is 0.463. The molecule has 2 aliphatic rings. The molecule has 0 unspecified atom stereocenters. The highest BCUT2D eigenvalue weighted by molar-refractivity contribution is 5.86. The first-order valence-corrected chi connectivity index (χ1v) is 9.95. The number of nitrogens with zero attached hydrogens (tertiary/aromatic N) is 4. The highest BCUT2D eigenvalue weighted by Crippen LogP contribution is 2.28. The molecule has 2 saturated heterocycles. The van der Waals surface area contributed by atoms with Crippen LogP contribution >= 0.6 is 0 Å². The first kappa shape index (κ1) is 18.7. The number of ether oxygens (including phenoxy) is 1. The van der Waals surface area contributed by atoms with Gasteiger partial charge in [-0.05, 0) is 38.7 Å². The lowest BCUT2D eigenvalue weighted by molar-refractivity contribution is -0.152. The summed E-state index contributed by atoms with van der Waals surface area (Å²) < 4.78 is 4.87. The minimum Gasteiger partial charge on any atom is -0.467 e. The molecule has 0 radical (unpaired) electrons. The number of aromatic nitrogens is 2. The van der Waals surface area contributed by atoms with Crippen LogP contribution in [0.5, 0.6) is 0 Å². The lowest BCUT2D eigenvalue weighted by Gasteiger charge is -2.34. The number of hydrogen-bond acceptors (Lipinski definition) is 6. The van der Waals surface area contributed by atoms with Gasteiger partial charge in [0.25, 0.3) is 0 Å². The van der Waals surface area contributed by atoms with Gasteiger partial charge in [-0.25, -0.2) is 14.8 Å². The van der Waals surface area contributed by atoms with Crippen LogP contribution in [0.15, 0.2) is 24.3 Å². The van der Waals surface area contributed by atoms with Crippen LogP contribution in [0.1, 0.15) is 31.4 Å². The monoisotopic (exact) mass is 382 g/mol. The number of anilines is 1. The number of carbonyl (C=O) groups excluding carboxylic acids is 2. The molecule has 7 heteroatoms. The smallest absolute Gasteiger partial charge is 0.328 e. The van der Waals surface area contributed by atoms with Gasteiger partial charge in [0.1, 0.15) is 6.04 Å². The molecule has 2 aliphatic heterocycles. The quantitative estimate of drug-likeness (QED) is 0.759. The van der Waals surface area contributed by atoms with Gasteiger partial charge in [0.2, 0.25) is 11.9 Å². The molecule has 0 bridgehead atoms. The van der Waals surface area contributed by atoms with E-state index in [1.807, 2.05) is 31.2 Å². The second-order valence-electron chi connectivity index (χ2n) is 7.60. The molecule has 1 atom stereocenters. The van der Waals surface area contributed by atoms with Crippen molar-refractivity contribution in [2.75, 3.05) is 31.6 Å². The highest BCUT2D eigenvalue weighted by atomic mass is 16.5. The molecule has 1 aromatic heterocycles. The van der Waals surface area contributed by atoms with Crippen molar-refractivity contribution in [2.45, 2.75) is 38.6 Å². The van der Waals surface area contributed by atoms with E-state index in [2.05, 4.69) is 9.88 Å². The van der Waals surface area contributed by atoms with Gasteiger partial charge in [-0.1, -0.05) is 18.2 Å². The van der Waals surface area contributed by atoms with Crippen LogP contribution in [-0.4, -0.2) is 59.5 Å². The molecular weight excluding hydrogens is 356 g/mol. The van der Waals surface area contributed by atoms with Crippen molar-refractivity contribution in [3.63, 3.8) is 0 Å². The van der Waals surface area contributed by atoms with E-state index in [9.17, 15) is 9.59 Å². The number of rotatable bonds is 3. The molecule has 148 valence electrons. The fourth-order valence-corrected chi connectivity index (χ4v) is 4.33. The normalized spacial score (nSPS) is 20.6. The van der Waals surface area contributed by atoms with Gasteiger partial charge in [0.15, 0.2) is 0 Å². The number of benzene rings is 1. The van der Waals surface area contributed by atoms with Crippen molar-refractivity contribution in [3.05, 3.63) is 30.0 Å². The number of carbonyl (C=O) groups is 2. The van der Waals surface area contributed by atoms with E-state index in [4.69, 9.17) is 9.72 Å². The van der Waals surface area contributed by atoms with Gasteiger partial charge < -0.3 is 14.5 Å². The van der Waals surface area contributed by atoms with E-state index in [0.29, 0.717) is 13.0 Å². The van der Waals surface area contributed by atoms with Crippen molar-refractivity contribution in [2.24, 2.45) is 5.92 Å². The third-order valence-electron chi connectivity index (χ3n) is 5.92. The molecule has 2 aromatic rings. The summed E-state index contributed by atoms with van der Waals surface area (Å²) in [6.45, 7) is 4.13. The predicted molar refractivity (Wildman–Crippen MR) is 106 cm³/mol. The molecule has 3 heterocycles. The molecule has 28 heavy (non-hydrogen) atoms. The maximum atomic E-state index is 13.0. The number of aryl methyl sites for hydroxylation is 1. The number of amides is 1. The van der Waals surface area contributed by atoms with Gasteiger partial charge in [0.05, 0.1) is 18.3 Å². The lowest BCUT2D eigenvalue weighted by atomic mass is 9.95. The fourth-order valence-electron chi connectivity index (χ4n) is 4.33. The predicted octanol–water partition coefficient (Wildman–Crippen LogP) is 2.32. The summed E-state index contributed by atoms with van der Waals surface area (Å²) in [6.07, 6.45) is 3.05. The Morgan fingerprint density at radius 3 is 2.57 bits per heavy atom. The zero-order valence-electron chi connectivity index (χ0n) is 16.4. The molecule has 0 spiro atoms. The van der Waals surface area contributed by atoms with Crippen LogP contribution in [0.25, 0.3) is 10.9 Å². The molecule has 1 amide bonds. The topological polar surface area (TPSA) is 75.6 Å². The summed E-state index contributed by atoms with van der Waals surface area (Å²) in [7, 11) is 1.38. The average Bonchev–Trinajstić information content (AvgIpc) is 3.22. The van der Waals surface area contributed by atoms with Crippen LogP contribution < -0.4 is 4.90 Å². The Kier molecular flexibility index (Phi) is 5.15. The van der Waals surface area contributed by atoms with Crippen LogP contribution in [0.3, 0.4) is 0 Å². The third-order valence-corrected chi connectivity index (χ3v) is 5.92. The summed E-state index contributed by atoms with van der Waals surface area (Å²) in [4.78, 5) is 38.2. The second kappa shape index (κ2) is 7.73. The van der Waals surface area contributed by atoms with E-state index < -0.39 is 6.04 Å². The van der Waals surface area contributed by atoms with Crippen LogP contribution in [0, 0.1) is 12.8 Å². The average molecular weight is 382 g/mol. The van der Waals surface area contributed by atoms with Crippen molar-refractivity contribution in [1.82, 2.24) is 14.9 Å². The minimum atomic E-state index is -0.415. The molecule has 1 aromatic carbocycles. The number of piperidine rings is 1. The van der Waals surface area contributed by atoms with E-state index >= 15 is 0 Å². The minimum absolute atomic E-state index is 0.0527. The van der Waals surface area contributed by atoms with Crippen LogP contribution in [0.2, 0.25) is 0 Å². The number of hydrogen-bond donors (Lipinski definition) is 0. The number of esters is 1. The first-order chi connectivity index (χ1) is 13.6. The Morgan fingerprint density at radius 2 is 1.82 bits per heavy atom. The zero-order valence-corrected chi connectivity index (χ0v) is 16.4. The van der Waals surface area contributed by atoms with Gasteiger partial charge >= 0.3 is 5.97 Å². The van der Waals surface area contributed by atoms with Crippen molar-refractivity contribution >= 4 is 28.7 Å². The second-order valence-corrected chi connectivity index (χ2v) is 7.60. The molecule has 0 N–H and O–H groups in total. The Balaban J connectivity index is 1.43. The molecular formula is C21H26N4O3. The molecule has 4 rings (SSSR count). The zero-order chi connectivity index (χ0) is 19.7. The molecule has 0 aliphatic carbocycles. The maximum absolute atomic E-state index is 13.0. The van der Waals surface area contributed by atoms with Crippen molar-refractivity contribution < 1.29 is 14.3 Å². The number of fused-ring (bicyclic) bond motifs is 1. The van der Waals surface area contributed by atoms with E-state index in [-0.39, 0.29) is 17.8 Å². The molecule has 7 nitrogen and oxygen atoms in total. The fraction of sp³-hybridized carbons (Fsp3) is 0.524. The third kappa shape index (κ3) is 3.41. The Bertz CT molecular complexity index is 892. The van der Waals surface area contributed by atoms with Crippen LogP contribution in [0.4, 0.5) is 5.95 Å². The highest BCUT2D eigenvalue weighted by Gasteiger charge is 2.38. The Hall–Kier alpha value is -2.70. The number of likely N-dealkylation sites (tertiary alicyclic amines) is 1. The molecule has 0 saturated carbocycles. The van der Waals surface area contributed by atoms with Gasteiger partial charge in [0, 0.05) is 30.9 Å². The van der Waals surface area contributed by atoms with Gasteiger partial charge in [-0.15, -0.1) is 0 Å².